The molecule has 2 aromatic rings. The van der Waals surface area contributed by atoms with Crippen LogP contribution in [0.2, 0.25) is 0 Å². The van der Waals surface area contributed by atoms with Crippen molar-refractivity contribution in [3.05, 3.63) is 60.7 Å². The van der Waals surface area contributed by atoms with Crippen molar-refractivity contribution in [1.29, 1.82) is 0 Å². The van der Waals surface area contributed by atoms with Crippen LogP contribution in [-0.4, -0.2) is 21.7 Å². The molecule has 1 aliphatic rings. The predicted molar refractivity (Wildman–Crippen MR) is 87.9 cm³/mol. The van der Waals surface area contributed by atoms with Gasteiger partial charge in [-0.3, -0.25) is 0 Å². The Morgan fingerprint density at radius 1 is 1.04 bits per heavy atom. The number of hydrogen-bond acceptors (Lipinski definition) is 5. The van der Waals surface area contributed by atoms with Crippen LogP contribution < -0.4 is 9.05 Å². The molecule has 1 fully saturated rings. The first-order valence-corrected chi connectivity index (χ1v) is 9.23. The van der Waals surface area contributed by atoms with Crippen molar-refractivity contribution in [3.8, 4) is 11.5 Å². The Kier molecular flexibility index (Phi) is 4.65. The van der Waals surface area contributed by atoms with Gasteiger partial charge in [-0.25, -0.2) is 4.57 Å². The molecule has 1 aliphatic heterocycles. The third-order valence-electron chi connectivity index (χ3n) is 4.15. The van der Waals surface area contributed by atoms with Crippen LogP contribution in [0.5, 0.6) is 11.5 Å². The zero-order valence-corrected chi connectivity index (χ0v) is 14.1. The molecule has 1 heterocycles. The highest BCUT2D eigenvalue weighted by Gasteiger charge is 2.60. The van der Waals surface area contributed by atoms with Gasteiger partial charge >= 0.3 is 7.60 Å². The Balaban J connectivity index is 1.99. The highest BCUT2D eigenvalue weighted by molar-refractivity contribution is 7.56. The summed E-state index contributed by atoms with van der Waals surface area (Å²) in [5, 5.41) is 21.2. The molecule has 1 radical (unpaired) electrons. The second-order valence-electron chi connectivity index (χ2n) is 5.87. The zero-order chi connectivity index (χ0) is 17.2. The molecule has 0 spiro atoms. The maximum Gasteiger partial charge on any atom is 0.453 e. The third kappa shape index (κ3) is 3.06. The molecule has 1 saturated heterocycles. The molecule has 0 saturated carbocycles. The standard InChI is InChI=1S/C17H19NO5P/c1-17(13-12-16(19)18(17)20)24(21,22-14-8-4-2-5-9-14)23-15-10-6-3-7-11-15/h2-11,16,19H,12-13H2,1H3. The molecule has 7 heteroatoms. The Morgan fingerprint density at radius 2 is 1.50 bits per heavy atom. The summed E-state index contributed by atoms with van der Waals surface area (Å²) in [4.78, 5) is 0. The summed E-state index contributed by atoms with van der Waals surface area (Å²) in [6.45, 7) is 1.50. The fourth-order valence-corrected chi connectivity index (χ4v) is 4.67. The van der Waals surface area contributed by atoms with Gasteiger partial charge in [-0.2, -0.15) is 0 Å². The molecule has 1 N–H and O–H groups in total. The Morgan fingerprint density at radius 3 is 1.88 bits per heavy atom. The minimum Gasteiger partial charge on any atom is -0.415 e. The van der Waals surface area contributed by atoms with E-state index in [1.807, 2.05) is 0 Å². The van der Waals surface area contributed by atoms with Gasteiger partial charge in [0.25, 0.3) is 0 Å². The van der Waals surface area contributed by atoms with Crippen LogP contribution >= 0.6 is 7.60 Å². The molecular weight excluding hydrogens is 329 g/mol. The van der Waals surface area contributed by atoms with Crippen LogP contribution in [-0.2, 0) is 9.77 Å². The van der Waals surface area contributed by atoms with Gasteiger partial charge in [0.15, 0.2) is 5.28 Å². The van der Waals surface area contributed by atoms with Gasteiger partial charge in [0.05, 0.1) is 0 Å². The van der Waals surface area contributed by atoms with E-state index in [-0.39, 0.29) is 12.8 Å². The highest BCUT2D eigenvalue weighted by Crippen LogP contribution is 2.64. The molecule has 0 amide bonds. The lowest BCUT2D eigenvalue weighted by molar-refractivity contribution is -0.251. The van der Waals surface area contributed by atoms with E-state index in [9.17, 15) is 14.9 Å². The molecule has 2 atom stereocenters. The van der Waals surface area contributed by atoms with E-state index in [4.69, 9.17) is 9.05 Å². The number of rotatable bonds is 5. The average Bonchev–Trinajstić information content (AvgIpc) is 2.86. The molecule has 0 aromatic heterocycles. The second kappa shape index (κ2) is 6.57. The van der Waals surface area contributed by atoms with Crippen molar-refractivity contribution >= 4 is 7.60 Å². The van der Waals surface area contributed by atoms with Gasteiger partial charge in [-0.15, -0.1) is 10.3 Å². The van der Waals surface area contributed by atoms with Crippen molar-refractivity contribution in [2.45, 2.75) is 31.3 Å². The summed E-state index contributed by atoms with van der Waals surface area (Å²) in [5.41, 5.74) is 0. The lowest BCUT2D eigenvalue weighted by Crippen LogP contribution is -2.43. The first-order valence-electron chi connectivity index (χ1n) is 7.69. The lowest BCUT2D eigenvalue weighted by Gasteiger charge is -2.35. The SMILES string of the molecule is CC1(P(=O)(Oc2ccccc2)Oc2ccccc2)CCC(O)N1[O]. The predicted octanol–water partition coefficient (Wildman–Crippen LogP) is 3.81. The van der Waals surface area contributed by atoms with Crippen LogP contribution in [0.1, 0.15) is 19.8 Å². The van der Waals surface area contributed by atoms with Crippen LogP contribution in [0.25, 0.3) is 0 Å². The summed E-state index contributed by atoms with van der Waals surface area (Å²) >= 11 is 0. The number of aliphatic hydroxyl groups is 1. The van der Waals surface area contributed by atoms with E-state index >= 15 is 0 Å². The summed E-state index contributed by atoms with van der Waals surface area (Å²) in [5.74, 6) is 0.681. The fraction of sp³-hybridized carbons (Fsp3) is 0.294. The largest absolute Gasteiger partial charge is 0.453 e. The molecule has 0 bridgehead atoms. The summed E-state index contributed by atoms with van der Waals surface area (Å²) in [6.07, 6.45) is -0.809. The van der Waals surface area contributed by atoms with Gasteiger partial charge in [0, 0.05) is 0 Å². The summed E-state index contributed by atoms with van der Waals surface area (Å²) < 4.78 is 25.0. The van der Waals surface area contributed by atoms with Crippen LogP contribution in [0, 0.1) is 0 Å². The molecule has 3 rings (SSSR count). The minimum absolute atomic E-state index is 0.203. The first kappa shape index (κ1) is 17.0. The van der Waals surface area contributed by atoms with Gasteiger partial charge in [-0.05, 0) is 44.0 Å². The molecular formula is C17H19NO5P. The summed E-state index contributed by atoms with van der Waals surface area (Å²) in [6, 6.07) is 17.1. The number of hydroxylamine groups is 2. The molecule has 6 nitrogen and oxygen atoms in total. The minimum atomic E-state index is -3.96. The van der Waals surface area contributed by atoms with E-state index in [0.29, 0.717) is 16.6 Å². The van der Waals surface area contributed by atoms with E-state index in [1.165, 1.54) is 6.92 Å². The molecule has 24 heavy (non-hydrogen) atoms. The molecule has 0 aliphatic carbocycles. The zero-order valence-electron chi connectivity index (χ0n) is 13.2. The Labute approximate surface area is 140 Å². The van der Waals surface area contributed by atoms with E-state index in [2.05, 4.69) is 0 Å². The third-order valence-corrected chi connectivity index (χ3v) is 6.65. The van der Waals surface area contributed by atoms with Crippen molar-refractivity contribution in [3.63, 3.8) is 0 Å². The summed E-state index contributed by atoms with van der Waals surface area (Å²) in [7, 11) is -3.96. The Hall–Kier alpha value is -1.85. The first-order chi connectivity index (χ1) is 11.4. The number of aliphatic hydroxyl groups excluding tert-OH is 1. The van der Waals surface area contributed by atoms with Gasteiger partial charge in [-0.1, -0.05) is 36.4 Å². The average molecular weight is 348 g/mol. The monoisotopic (exact) mass is 348 g/mol. The fourth-order valence-electron chi connectivity index (χ4n) is 2.66. The highest BCUT2D eigenvalue weighted by atomic mass is 31.2. The smallest absolute Gasteiger partial charge is 0.415 e. The van der Waals surface area contributed by atoms with Crippen molar-refractivity contribution < 1.29 is 23.9 Å². The van der Waals surface area contributed by atoms with Crippen molar-refractivity contribution in [2.75, 3.05) is 0 Å². The van der Waals surface area contributed by atoms with Gasteiger partial charge in [0.2, 0.25) is 0 Å². The van der Waals surface area contributed by atoms with Gasteiger partial charge in [0.1, 0.15) is 17.7 Å². The van der Waals surface area contributed by atoms with Crippen molar-refractivity contribution in [1.82, 2.24) is 5.06 Å². The molecule has 2 aromatic carbocycles. The Bertz CT molecular complexity index is 681. The quantitative estimate of drug-likeness (QED) is 0.831. The van der Waals surface area contributed by atoms with Crippen molar-refractivity contribution in [2.24, 2.45) is 0 Å². The normalized spacial score (nSPS) is 24.7. The second-order valence-corrected chi connectivity index (χ2v) is 8.19. The van der Waals surface area contributed by atoms with E-state index < -0.39 is 19.1 Å². The van der Waals surface area contributed by atoms with Crippen LogP contribution in [0.4, 0.5) is 0 Å². The van der Waals surface area contributed by atoms with Gasteiger partial charge < -0.3 is 14.2 Å². The number of benzene rings is 2. The maximum atomic E-state index is 13.6. The van der Waals surface area contributed by atoms with E-state index in [1.54, 1.807) is 60.7 Å². The van der Waals surface area contributed by atoms with Crippen LogP contribution in [0.15, 0.2) is 60.7 Å². The topological polar surface area (TPSA) is 78.9 Å². The number of para-hydroxylation sites is 2. The van der Waals surface area contributed by atoms with Crippen LogP contribution in [0.3, 0.4) is 0 Å². The molecule has 127 valence electrons. The molecule has 2 unspecified atom stereocenters. The maximum absolute atomic E-state index is 13.6. The number of hydrogen-bond donors (Lipinski definition) is 1. The number of nitrogens with zero attached hydrogens (tertiary/aromatic N) is 1. The lowest BCUT2D eigenvalue weighted by atomic mass is 10.2. The van der Waals surface area contributed by atoms with E-state index in [0.717, 1.165) is 0 Å².